The van der Waals surface area contributed by atoms with E-state index in [2.05, 4.69) is 6.58 Å². The van der Waals surface area contributed by atoms with Gasteiger partial charge in [-0.05, 0) is 53.5 Å². The largest absolute Gasteiger partial charge is 0.502 e. The van der Waals surface area contributed by atoms with E-state index in [1.807, 2.05) is 0 Å². The third-order valence-electron chi connectivity index (χ3n) is 9.00. The quantitative estimate of drug-likeness (QED) is 0.320. The zero-order chi connectivity index (χ0) is 30.9. The van der Waals surface area contributed by atoms with Crippen LogP contribution >= 0.6 is 0 Å². The van der Waals surface area contributed by atoms with Gasteiger partial charge < -0.3 is 58.0 Å². The van der Waals surface area contributed by atoms with Crippen LogP contribution in [0.1, 0.15) is 35.6 Å². The Hall–Kier alpha value is -3.59. The minimum absolute atomic E-state index is 0.0229. The molecule has 3 N–H and O–H groups in total. The molecule has 0 spiro atoms. The molecule has 13 heteroatoms. The van der Waals surface area contributed by atoms with Crippen molar-refractivity contribution in [3.63, 3.8) is 0 Å². The van der Waals surface area contributed by atoms with Crippen molar-refractivity contribution in [2.24, 2.45) is 11.8 Å². The molecule has 1 aliphatic carbocycles. The molecule has 2 aromatic carbocycles. The van der Waals surface area contributed by atoms with Gasteiger partial charge in [-0.1, -0.05) is 6.58 Å². The second-order valence-electron chi connectivity index (χ2n) is 11.6. The molecule has 3 saturated heterocycles. The molecule has 0 aromatic heterocycles. The molecule has 2 aromatic rings. The van der Waals surface area contributed by atoms with Gasteiger partial charge in [-0.25, -0.2) is 0 Å². The van der Waals surface area contributed by atoms with E-state index >= 15 is 0 Å². The fourth-order valence-corrected chi connectivity index (χ4v) is 6.87. The highest BCUT2D eigenvalue weighted by Crippen LogP contribution is 2.57. The lowest BCUT2D eigenvalue weighted by Gasteiger charge is -2.48. The van der Waals surface area contributed by atoms with Crippen LogP contribution in [0.4, 0.5) is 0 Å². The molecular weight excluding hydrogens is 580 g/mol. The molecule has 44 heavy (non-hydrogen) atoms. The molecule has 6 unspecified atom stereocenters. The van der Waals surface area contributed by atoms with Crippen LogP contribution in [0.2, 0.25) is 0 Å². The highest BCUT2D eigenvalue weighted by atomic mass is 16.8. The Kier molecular flexibility index (Phi) is 7.34. The Morgan fingerprint density at radius 1 is 0.932 bits per heavy atom. The summed E-state index contributed by atoms with van der Waals surface area (Å²) in [7, 11) is 2.86. The number of esters is 1. The molecule has 0 amide bonds. The number of hydrogen-bond acceptors (Lipinski definition) is 13. The Labute approximate surface area is 252 Å². The highest BCUT2D eigenvalue weighted by molar-refractivity contribution is 5.79. The van der Waals surface area contributed by atoms with Crippen LogP contribution < -0.4 is 18.9 Å². The molecule has 0 saturated carbocycles. The van der Waals surface area contributed by atoms with E-state index in [4.69, 9.17) is 42.6 Å². The van der Waals surface area contributed by atoms with Crippen molar-refractivity contribution in [1.29, 1.82) is 0 Å². The first-order chi connectivity index (χ1) is 21.2. The standard InChI is InChI=1S/C31H34O13/c1-12(2)30-39-10-21-28(44-30)25(33)26(34)31(42-21)43-27-15-8-18-17(40-11-41-18)7-14(15)22(23-16(27)9-38-29(23)35)13-5-19(36-3)24(32)20(6-13)37-4/h5-8,16,21-23,25-28,30-34H,1,9-11H2,2-4H3/t16-,21?,22+,23-,25?,26?,27+,28?,30?,31?/m0/s1. The average molecular weight is 615 g/mol. The Balaban J connectivity index is 1.29. The van der Waals surface area contributed by atoms with Crippen molar-refractivity contribution in [1.82, 2.24) is 0 Å². The zero-order valence-electron chi connectivity index (χ0n) is 24.3. The molecule has 0 radical (unpaired) electrons. The lowest BCUT2D eigenvalue weighted by Crippen LogP contribution is -2.63. The number of phenols is 1. The van der Waals surface area contributed by atoms with Crippen molar-refractivity contribution >= 4 is 5.97 Å². The van der Waals surface area contributed by atoms with Gasteiger partial charge in [0.15, 0.2) is 35.6 Å². The summed E-state index contributed by atoms with van der Waals surface area (Å²) < 4.78 is 52.0. The number of phenolic OH excluding ortho intramolecular Hbond substituents is 1. The number of cyclic esters (lactones) is 1. The lowest BCUT2D eigenvalue weighted by molar-refractivity contribution is -0.361. The second kappa shape index (κ2) is 11.1. The number of benzene rings is 2. The summed E-state index contributed by atoms with van der Waals surface area (Å²) in [6, 6.07) is 6.91. The van der Waals surface area contributed by atoms with Gasteiger partial charge in [0.25, 0.3) is 0 Å². The molecule has 7 rings (SSSR count). The first-order valence-electron chi connectivity index (χ1n) is 14.3. The highest BCUT2D eigenvalue weighted by Gasteiger charge is 2.56. The van der Waals surface area contributed by atoms with Gasteiger partial charge in [0, 0.05) is 11.8 Å². The summed E-state index contributed by atoms with van der Waals surface area (Å²) >= 11 is 0. The number of aliphatic hydroxyl groups excluding tert-OH is 2. The van der Waals surface area contributed by atoms with E-state index < -0.39 is 66.8 Å². The monoisotopic (exact) mass is 614 g/mol. The first-order valence-corrected chi connectivity index (χ1v) is 14.3. The maximum Gasteiger partial charge on any atom is 0.310 e. The van der Waals surface area contributed by atoms with Crippen molar-refractivity contribution < 1.29 is 62.7 Å². The number of ether oxygens (including phenoxy) is 9. The number of carbonyl (C=O) groups is 1. The Morgan fingerprint density at radius 2 is 1.61 bits per heavy atom. The van der Waals surface area contributed by atoms with Crippen molar-refractivity contribution in [2.45, 2.75) is 55.9 Å². The minimum Gasteiger partial charge on any atom is -0.502 e. The Bertz CT molecular complexity index is 1450. The molecule has 10 atom stereocenters. The van der Waals surface area contributed by atoms with Gasteiger partial charge >= 0.3 is 5.97 Å². The van der Waals surface area contributed by atoms with E-state index in [-0.39, 0.29) is 37.3 Å². The fourth-order valence-electron chi connectivity index (χ4n) is 6.87. The van der Waals surface area contributed by atoms with Gasteiger partial charge in [-0.3, -0.25) is 4.79 Å². The topological polar surface area (TPSA) is 161 Å². The van der Waals surface area contributed by atoms with Crippen LogP contribution in [-0.4, -0.2) is 92.5 Å². The van der Waals surface area contributed by atoms with Gasteiger partial charge in [-0.15, -0.1) is 0 Å². The zero-order valence-corrected chi connectivity index (χ0v) is 24.3. The summed E-state index contributed by atoms with van der Waals surface area (Å²) in [6.45, 7) is 5.74. The van der Waals surface area contributed by atoms with E-state index in [9.17, 15) is 20.1 Å². The second-order valence-corrected chi connectivity index (χ2v) is 11.6. The number of fused-ring (bicyclic) bond motifs is 4. The molecule has 3 fully saturated rings. The molecule has 13 nitrogen and oxygen atoms in total. The van der Waals surface area contributed by atoms with Gasteiger partial charge in [0.2, 0.25) is 12.5 Å². The summed E-state index contributed by atoms with van der Waals surface area (Å²) in [5.74, 6) is -1.10. The summed E-state index contributed by atoms with van der Waals surface area (Å²) in [5, 5.41) is 32.8. The first kappa shape index (κ1) is 29.1. The summed E-state index contributed by atoms with van der Waals surface area (Å²) in [5.41, 5.74) is 2.61. The van der Waals surface area contributed by atoms with E-state index in [0.717, 1.165) is 0 Å². The van der Waals surface area contributed by atoms with Crippen LogP contribution in [0.3, 0.4) is 0 Å². The molecule has 4 heterocycles. The van der Waals surface area contributed by atoms with Crippen molar-refractivity contribution in [3.05, 3.63) is 53.1 Å². The predicted octanol–water partition coefficient (Wildman–Crippen LogP) is 1.89. The third kappa shape index (κ3) is 4.57. The third-order valence-corrected chi connectivity index (χ3v) is 9.00. The van der Waals surface area contributed by atoms with E-state index in [1.54, 1.807) is 31.2 Å². The molecule has 5 aliphatic rings. The maximum atomic E-state index is 13.4. The number of aliphatic hydroxyl groups is 2. The van der Waals surface area contributed by atoms with Crippen LogP contribution in [-0.2, 0) is 28.5 Å². The SMILES string of the molecule is C=C(C)C1OCC2OC(O[C@@H]3c4cc5c(cc4[C@@H](c4cc(OC)c(O)c(OC)c4)[C@H]4C(=O)OC[C@@H]43)OCO5)C(O)C(O)C2O1. The summed E-state index contributed by atoms with van der Waals surface area (Å²) in [6.07, 6.45) is -7.24. The number of aromatic hydroxyl groups is 1. The van der Waals surface area contributed by atoms with E-state index in [1.165, 1.54) is 14.2 Å². The smallest absolute Gasteiger partial charge is 0.310 e. The number of carbonyl (C=O) groups excluding carboxylic acids is 1. The number of hydrogen-bond donors (Lipinski definition) is 3. The summed E-state index contributed by atoms with van der Waals surface area (Å²) in [4.78, 5) is 13.4. The van der Waals surface area contributed by atoms with Crippen LogP contribution in [0.5, 0.6) is 28.7 Å². The van der Waals surface area contributed by atoms with Crippen LogP contribution in [0, 0.1) is 11.8 Å². The van der Waals surface area contributed by atoms with Gasteiger partial charge in [0.1, 0.15) is 24.4 Å². The van der Waals surface area contributed by atoms with E-state index in [0.29, 0.717) is 33.8 Å². The molecular formula is C31H34O13. The molecule has 0 bridgehead atoms. The molecule has 236 valence electrons. The Morgan fingerprint density at radius 3 is 2.27 bits per heavy atom. The minimum atomic E-state index is -1.47. The number of rotatable bonds is 6. The van der Waals surface area contributed by atoms with Gasteiger partial charge in [0.05, 0.1) is 39.5 Å². The predicted molar refractivity (Wildman–Crippen MR) is 147 cm³/mol. The normalized spacial score (nSPS) is 35.2. The van der Waals surface area contributed by atoms with Crippen LogP contribution in [0.15, 0.2) is 36.4 Å². The van der Waals surface area contributed by atoms with Crippen LogP contribution in [0.25, 0.3) is 0 Å². The average Bonchev–Trinajstić information content (AvgIpc) is 3.64. The fraction of sp³-hybridized carbons (Fsp3) is 0.516. The van der Waals surface area contributed by atoms with Gasteiger partial charge in [-0.2, -0.15) is 0 Å². The number of methoxy groups -OCH3 is 2. The van der Waals surface area contributed by atoms with Crippen molar-refractivity contribution in [2.75, 3.05) is 34.2 Å². The van der Waals surface area contributed by atoms with Crippen molar-refractivity contribution in [3.8, 4) is 28.7 Å². The lowest BCUT2D eigenvalue weighted by atomic mass is 9.66. The molecule has 4 aliphatic heterocycles. The maximum absolute atomic E-state index is 13.4.